The zero-order chi connectivity index (χ0) is 18.5. The standard InChI is InChI=1S/C19H20ClNO5/c1-24-14-4-2-13(3-5-14)16(22)11-21-18(23)10-12-8-15(20)19-17(9-12)25-6-7-26-19/h2-5,8-9,16,22H,6-7,10-11H2,1H3,(H,21,23). The number of fused-ring (bicyclic) bond motifs is 1. The molecular weight excluding hydrogens is 358 g/mol. The molecule has 0 aliphatic carbocycles. The normalized spacial score (nSPS) is 13.8. The lowest BCUT2D eigenvalue weighted by Gasteiger charge is -2.20. The molecule has 0 bridgehead atoms. The van der Waals surface area contributed by atoms with Gasteiger partial charge in [-0.25, -0.2) is 0 Å². The number of carbonyl (C=O) groups excluding carboxylic acids is 1. The van der Waals surface area contributed by atoms with Crippen molar-refractivity contribution in [1.29, 1.82) is 0 Å². The summed E-state index contributed by atoms with van der Waals surface area (Å²) in [5.41, 5.74) is 1.42. The summed E-state index contributed by atoms with van der Waals surface area (Å²) in [7, 11) is 1.58. The molecule has 1 atom stereocenters. The van der Waals surface area contributed by atoms with Gasteiger partial charge in [-0.1, -0.05) is 23.7 Å². The summed E-state index contributed by atoms with van der Waals surface area (Å²) in [6.45, 7) is 1.02. The van der Waals surface area contributed by atoms with Crippen LogP contribution < -0.4 is 19.5 Å². The van der Waals surface area contributed by atoms with E-state index in [0.717, 1.165) is 5.56 Å². The molecule has 0 aromatic heterocycles. The summed E-state index contributed by atoms with van der Waals surface area (Å²) in [5, 5.41) is 13.3. The van der Waals surface area contributed by atoms with Crippen molar-refractivity contribution in [3.63, 3.8) is 0 Å². The summed E-state index contributed by atoms with van der Waals surface area (Å²) in [6.07, 6.45) is -0.667. The van der Waals surface area contributed by atoms with Crippen molar-refractivity contribution in [1.82, 2.24) is 5.32 Å². The van der Waals surface area contributed by atoms with Crippen LogP contribution in [0.4, 0.5) is 0 Å². The summed E-state index contributed by atoms with van der Waals surface area (Å²) in [4.78, 5) is 12.2. The van der Waals surface area contributed by atoms with E-state index in [9.17, 15) is 9.90 Å². The van der Waals surface area contributed by atoms with Crippen molar-refractivity contribution in [2.75, 3.05) is 26.9 Å². The SMILES string of the molecule is COc1ccc(C(O)CNC(=O)Cc2cc(Cl)c3c(c2)OCCO3)cc1. The zero-order valence-corrected chi connectivity index (χ0v) is 15.1. The van der Waals surface area contributed by atoms with E-state index < -0.39 is 6.10 Å². The Morgan fingerprint density at radius 2 is 2.00 bits per heavy atom. The Bertz CT molecular complexity index is 778. The summed E-state index contributed by atoms with van der Waals surface area (Å²) < 4.78 is 16.1. The Balaban J connectivity index is 1.56. The molecule has 0 radical (unpaired) electrons. The predicted molar refractivity (Wildman–Crippen MR) is 97.1 cm³/mol. The van der Waals surface area contributed by atoms with Crippen molar-refractivity contribution in [2.24, 2.45) is 0 Å². The van der Waals surface area contributed by atoms with Gasteiger partial charge in [-0.15, -0.1) is 0 Å². The Morgan fingerprint density at radius 1 is 1.27 bits per heavy atom. The van der Waals surface area contributed by atoms with Crippen molar-refractivity contribution in [3.05, 3.63) is 52.5 Å². The molecule has 0 fully saturated rings. The molecule has 26 heavy (non-hydrogen) atoms. The van der Waals surface area contributed by atoms with Crippen LogP contribution in [0.1, 0.15) is 17.2 Å². The molecule has 0 saturated heterocycles. The lowest BCUT2D eigenvalue weighted by atomic mass is 10.1. The highest BCUT2D eigenvalue weighted by atomic mass is 35.5. The second-order valence-electron chi connectivity index (χ2n) is 5.87. The molecule has 1 amide bonds. The first-order valence-electron chi connectivity index (χ1n) is 8.23. The monoisotopic (exact) mass is 377 g/mol. The van der Waals surface area contributed by atoms with Gasteiger partial charge in [0, 0.05) is 6.54 Å². The molecular formula is C19H20ClNO5. The van der Waals surface area contributed by atoms with Gasteiger partial charge in [0.2, 0.25) is 5.91 Å². The van der Waals surface area contributed by atoms with Gasteiger partial charge in [0.15, 0.2) is 11.5 Å². The van der Waals surface area contributed by atoms with E-state index in [1.54, 1.807) is 43.5 Å². The lowest BCUT2D eigenvalue weighted by molar-refractivity contribution is -0.120. The molecule has 2 N–H and O–H groups in total. The second-order valence-corrected chi connectivity index (χ2v) is 6.28. The predicted octanol–water partition coefficient (Wildman–Crippen LogP) is 2.51. The van der Waals surface area contributed by atoms with E-state index in [-0.39, 0.29) is 18.9 Å². The maximum absolute atomic E-state index is 12.2. The van der Waals surface area contributed by atoms with Crippen LogP contribution in [-0.4, -0.2) is 37.9 Å². The first-order chi connectivity index (χ1) is 12.6. The van der Waals surface area contributed by atoms with Crippen LogP contribution in [0.25, 0.3) is 0 Å². The van der Waals surface area contributed by atoms with E-state index in [1.165, 1.54) is 0 Å². The largest absolute Gasteiger partial charge is 0.497 e. The van der Waals surface area contributed by atoms with Crippen LogP contribution in [0.5, 0.6) is 17.2 Å². The molecule has 1 aliphatic rings. The quantitative estimate of drug-likeness (QED) is 0.808. The Labute approximate surface area is 156 Å². The molecule has 2 aromatic carbocycles. The van der Waals surface area contributed by atoms with Crippen molar-refractivity contribution < 1.29 is 24.1 Å². The second kappa shape index (κ2) is 8.29. The van der Waals surface area contributed by atoms with E-state index in [1.807, 2.05) is 0 Å². The van der Waals surface area contributed by atoms with Gasteiger partial charge in [-0.3, -0.25) is 4.79 Å². The number of halogens is 1. The zero-order valence-electron chi connectivity index (χ0n) is 14.3. The fourth-order valence-corrected chi connectivity index (χ4v) is 2.96. The van der Waals surface area contributed by atoms with Crippen LogP contribution in [0.2, 0.25) is 5.02 Å². The van der Waals surface area contributed by atoms with Gasteiger partial charge in [0.1, 0.15) is 19.0 Å². The molecule has 138 valence electrons. The molecule has 6 nitrogen and oxygen atoms in total. The number of amides is 1. The first-order valence-corrected chi connectivity index (χ1v) is 8.61. The van der Waals surface area contributed by atoms with Gasteiger partial charge in [0.25, 0.3) is 0 Å². The number of nitrogens with one attached hydrogen (secondary N) is 1. The molecule has 2 aromatic rings. The van der Waals surface area contributed by atoms with E-state index in [4.69, 9.17) is 25.8 Å². The third-order valence-electron chi connectivity index (χ3n) is 4.01. The minimum absolute atomic E-state index is 0.115. The number of rotatable bonds is 6. The number of hydrogen-bond donors (Lipinski definition) is 2. The van der Waals surface area contributed by atoms with Crippen LogP contribution >= 0.6 is 11.6 Å². The van der Waals surface area contributed by atoms with Crippen molar-refractivity contribution in [2.45, 2.75) is 12.5 Å². The van der Waals surface area contributed by atoms with E-state index >= 15 is 0 Å². The fraction of sp³-hybridized carbons (Fsp3) is 0.316. The number of methoxy groups -OCH3 is 1. The summed E-state index contributed by atoms with van der Waals surface area (Å²) in [5.74, 6) is 1.55. The number of benzene rings is 2. The first kappa shape index (κ1) is 18.4. The van der Waals surface area contributed by atoms with Crippen LogP contribution in [0, 0.1) is 0 Å². The Morgan fingerprint density at radius 3 is 2.73 bits per heavy atom. The van der Waals surface area contributed by atoms with Gasteiger partial charge >= 0.3 is 0 Å². The molecule has 0 saturated carbocycles. The topological polar surface area (TPSA) is 77.0 Å². The average molecular weight is 378 g/mol. The number of aliphatic hydroxyl groups excluding tert-OH is 1. The third-order valence-corrected chi connectivity index (χ3v) is 4.30. The Kier molecular flexibility index (Phi) is 5.85. The highest BCUT2D eigenvalue weighted by molar-refractivity contribution is 6.32. The minimum atomic E-state index is -0.797. The third kappa shape index (κ3) is 4.39. The van der Waals surface area contributed by atoms with E-state index in [0.29, 0.717) is 41.0 Å². The van der Waals surface area contributed by atoms with Crippen molar-refractivity contribution in [3.8, 4) is 17.2 Å². The molecule has 1 heterocycles. The number of carbonyl (C=O) groups is 1. The van der Waals surface area contributed by atoms with Crippen molar-refractivity contribution >= 4 is 17.5 Å². The van der Waals surface area contributed by atoms with Gasteiger partial charge in [0.05, 0.1) is 24.7 Å². The smallest absolute Gasteiger partial charge is 0.224 e. The van der Waals surface area contributed by atoms with E-state index in [2.05, 4.69) is 5.32 Å². The molecule has 1 unspecified atom stereocenters. The van der Waals surface area contributed by atoms with Gasteiger partial charge in [-0.05, 0) is 35.4 Å². The van der Waals surface area contributed by atoms with Gasteiger partial charge < -0.3 is 24.6 Å². The maximum atomic E-state index is 12.2. The number of hydrogen-bond acceptors (Lipinski definition) is 5. The highest BCUT2D eigenvalue weighted by Gasteiger charge is 2.18. The summed E-state index contributed by atoms with van der Waals surface area (Å²) >= 11 is 6.18. The fourth-order valence-electron chi connectivity index (χ4n) is 2.67. The average Bonchev–Trinajstić information content (AvgIpc) is 2.66. The number of aliphatic hydroxyl groups is 1. The van der Waals surface area contributed by atoms with Crippen LogP contribution in [0.3, 0.4) is 0 Å². The van der Waals surface area contributed by atoms with Gasteiger partial charge in [-0.2, -0.15) is 0 Å². The Hall–Kier alpha value is -2.44. The van der Waals surface area contributed by atoms with Crippen LogP contribution in [0.15, 0.2) is 36.4 Å². The number of ether oxygens (including phenoxy) is 3. The minimum Gasteiger partial charge on any atom is -0.497 e. The maximum Gasteiger partial charge on any atom is 0.224 e. The molecule has 1 aliphatic heterocycles. The molecule has 0 spiro atoms. The summed E-state index contributed by atoms with van der Waals surface area (Å²) in [6, 6.07) is 10.5. The van der Waals surface area contributed by atoms with Crippen LogP contribution in [-0.2, 0) is 11.2 Å². The molecule has 7 heteroatoms. The lowest BCUT2D eigenvalue weighted by Crippen LogP contribution is -2.29. The molecule has 3 rings (SSSR count). The highest BCUT2D eigenvalue weighted by Crippen LogP contribution is 2.38.